The van der Waals surface area contributed by atoms with Crippen molar-refractivity contribution < 1.29 is 4.79 Å². The number of anilines is 2. The van der Waals surface area contributed by atoms with Crippen molar-refractivity contribution in [2.45, 2.75) is 6.54 Å². The molecule has 3 aromatic rings. The van der Waals surface area contributed by atoms with Crippen molar-refractivity contribution in [1.29, 1.82) is 0 Å². The fraction of sp³-hybridized carbons (Fsp3) is 0.217. The van der Waals surface area contributed by atoms with Gasteiger partial charge in [-0.1, -0.05) is 48.5 Å². The van der Waals surface area contributed by atoms with Crippen molar-refractivity contribution in [2.75, 3.05) is 36.4 Å². The first-order valence-electron chi connectivity index (χ1n) is 9.62. The summed E-state index contributed by atoms with van der Waals surface area (Å²) < 4.78 is 0. The minimum Gasteiger partial charge on any atom is -0.380 e. The normalized spacial score (nSPS) is 14.0. The summed E-state index contributed by atoms with van der Waals surface area (Å²) >= 11 is 0. The number of rotatable bonds is 5. The molecule has 1 fully saturated rings. The van der Waals surface area contributed by atoms with Crippen LogP contribution in [0.5, 0.6) is 0 Å². The van der Waals surface area contributed by atoms with Gasteiger partial charge in [0.1, 0.15) is 0 Å². The monoisotopic (exact) mass is 372 g/mol. The highest BCUT2D eigenvalue weighted by molar-refractivity contribution is 5.95. The van der Waals surface area contributed by atoms with Gasteiger partial charge in [-0.15, -0.1) is 0 Å². The minimum absolute atomic E-state index is 0.0450. The summed E-state index contributed by atoms with van der Waals surface area (Å²) in [5, 5.41) is 3.35. The van der Waals surface area contributed by atoms with Gasteiger partial charge in [0.2, 0.25) is 0 Å². The second-order valence-corrected chi connectivity index (χ2v) is 6.92. The number of carbonyl (C=O) groups is 1. The van der Waals surface area contributed by atoms with Crippen molar-refractivity contribution in [3.05, 3.63) is 90.3 Å². The number of piperazine rings is 1. The van der Waals surface area contributed by atoms with Crippen LogP contribution in [-0.4, -0.2) is 42.0 Å². The molecule has 5 heteroatoms. The molecular formula is C23H24N4O. The Morgan fingerprint density at radius 1 is 0.893 bits per heavy atom. The van der Waals surface area contributed by atoms with Gasteiger partial charge in [0.25, 0.3) is 5.91 Å². The lowest BCUT2D eigenvalue weighted by Gasteiger charge is -2.36. The van der Waals surface area contributed by atoms with Gasteiger partial charge in [0.05, 0.1) is 11.3 Å². The van der Waals surface area contributed by atoms with E-state index in [0.717, 1.165) is 31.9 Å². The van der Waals surface area contributed by atoms with E-state index in [1.54, 1.807) is 12.4 Å². The van der Waals surface area contributed by atoms with Crippen LogP contribution in [-0.2, 0) is 6.54 Å². The van der Waals surface area contributed by atoms with Crippen molar-refractivity contribution in [2.24, 2.45) is 0 Å². The van der Waals surface area contributed by atoms with Crippen LogP contribution < -0.4 is 10.2 Å². The van der Waals surface area contributed by atoms with Gasteiger partial charge >= 0.3 is 0 Å². The third kappa shape index (κ3) is 4.31. The van der Waals surface area contributed by atoms with Crippen molar-refractivity contribution in [3.8, 4) is 0 Å². The topological polar surface area (TPSA) is 48.5 Å². The molecule has 0 bridgehead atoms. The standard InChI is InChI=1S/C23H24N4O/c28-23(27-13-11-26(12-14-27)22-9-5-2-6-10-22)20-15-21(18-24-17-20)25-16-19-7-3-1-4-8-19/h1-10,15,17-18,25H,11-14,16H2. The molecule has 1 aliphatic heterocycles. The van der Waals surface area contributed by atoms with E-state index < -0.39 is 0 Å². The van der Waals surface area contributed by atoms with Crippen LogP contribution in [0, 0.1) is 0 Å². The lowest BCUT2D eigenvalue weighted by Crippen LogP contribution is -2.48. The molecule has 4 rings (SSSR count). The number of amides is 1. The molecule has 1 aromatic heterocycles. The first kappa shape index (κ1) is 18.0. The van der Waals surface area contributed by atoms with Crippen LogP contribution in [0.2, 0.25) is 0 Å². The van der Waals surface area contributed by atoms with E-state index >= 15 is 0 Å². The number of aromatic nitrogens is 1. The van der Waals surface area contributed by atoms with E-state index in [4.69, 9.17) is 0 Å². The minimum atomic E-state index is 0.0450. The molecule has 1 amide bonds. The highest BCUT2D eigenvalue weighted by Crippen LogP contribution is 2.18. The Morgan fingerprint density at radius 2 is 1.57 bits per heavy atom. The van der Waals surface area contributed by atoms with Gasteiger partial charge in [0.15, 0.2) is 0 Å². The first-order chi connectivity index (χ1) is 13.8. The number of benzene rings is 2. The number of para-hydroxylation sites is 1. The molecule has 0 unspecified atom stereocenters. The van der Waals surface area contributed by atoms with Crippen molar-refractivity contribution in [3.63, 3.8) is 0 Å². The number of hydrogen-bond donors (Lipinski definition) is 1. The van der Waals surface area contributed by atoms with Gasteiger partial charge in [-0.2, -0.15) is 0 Å². The number of hydrogen-bond acceptors (Lipinski definition) is 4. The number of nitrogens with one attached hydrogen (secondary N) is 1. The van der Waals surface area contributed by atoms with E-state index in [-0.39, 0.29) is 5.91 Å². The zero-order chi connectivity index (χ0) is 19.2. The fourth-order valence-corrected chi connectivity index (χ4v) is 3.44. The summed E-state index contributed by atoms with van der Waals surface area (Å²) in [6, 6.07) is 22.4. The number of carbonyl (C=O) groups excluding carboxylic acids is 1. The Hall–Kier alpha value is -3.34. The maximum absolute atomic E-state index is 12.9. The van der Waals surface area contributed by atoms with Gasteiger partial charge in [0, 0.05) is 50.8 Å². The second kappa shape index (κ2) is 8.57. The quantitative estimate of drug-likeness (QED) is 0.743. The average molecular weight is 372 g/mol. The maximum atomic E-state index is 12.9. The highest BCUT2D eigenvalue weighted by atomic mass is 16.2. The zero-order valence-electron chi connectivity index (χ0n) is 15.8. The van der Waals surface area contributed by atoms with Crippen molar-refractivity contribution >= 4 is 17.3 Å². The summed E-state index contributed by atoms with van der Waals surface area (Å²) in [5.74, 6) is 0.0450. The largest absolute Gasteiger partial charge is 0.380 e. The van der Waals surface area contributed by atoms with E-state index in [0.29, 0.717) is 12.1 Å². The summed E-state index contributed by atoms with van der Waals surface area (Å²) in [7, 11) is 0. The van der Waals surface area contributed by atoms with Crippen LogP contribution in [0.25, 0.3) is 0 Å². The summed E-state index contributed by atoms with van der Waals surface area (Å²) in [6.07, 6.45) is 3.41. The van der Waals surface area contributed by atoms with Gasteiger partial charge in [-0.25, -0.2) is 0 Å². The van der Waals surface area contributed by atoms with E-state index in [1.807, 2.05) is 47.4 Å². The lowest BCUT2D eigenvalue weighted by atomic mass is 10.2. The molecule has 1 N–H and O–H groups in total. The van der Waals surface area contributed by atoms with Crippen LogP contribution in [0.1, 0.15) is 15.9 Å². The first-order valence-corrected chi connectivity index (χ1v) is 9.62. The van der Waals surface area contributed by atoms with Gasteiger partial charge in [-0.3, -0.25) is 9.78 Å². The highest BCUT2D eigenvalue weighted by Gasteiger charge is 2.22. The molecule has 1 aliphatic rings. The predicted octanol–water partition coefficient (Wildman–Crippen LogP) is 3.66. The molecule has 28 heavy (non-hydrogen) atoms. The third-order valence-electron chi connectivity index (χ3n) is 5.01. The van der Waals surface area contributed by atoms with Crippen LogP contribution in [0.3, 0.4) is 0 Å². The molecule has 5 nitrogen and oxygen atoms in total. The SMILES string of the molecule is O=C(c1cncc(NCc2ccccc2)c1)N1CCN(c2ccccc2)CC1. The van der Waals surface area contributed by atoms with Gasteiger partial charge < -0.3 is 15.1 Å². The molecule has 2 heterocycles. The Labute approximate surface area is 165 Å². The van der Waals surface area contributed by atoms with E-state index in [1.165, 1.54) is 11.3 Å². The molecule has 0 saturated carbocycles. The smallest absolute Gasteiger partial charge is 0.255 e. The summed E-state index contributed by atoms with van der Waals surface area (Å²) in [5.41, 5.74) is 3.89. The van der Waals surface area contributed by atoms with Crippen LogP contribution in [0.15, 0.2) is 79.1 Å². The molecule has 0 spiro atoms. The van der Waals surface area contributed by atoms with E-state index in [2.05, 4.69) is 39.5 Å². The molecule has 142 valence electrons. The fourth-order valence-electron chi connectivity index (χ4n) is 3.44. The van der Waals surface area contributed by atoms with Crippen molar-refractivity contribution in [1.82, 2.24) is 9.88 Å². The average Bonchev–Trinajstić information content (AvgIpc) is 2.79. The Morgan fingerprint density at radius 3 is 2.29 bits per heavy atom. The number of nitrogens with zero attached hydrogens (tertiary/aromatic N) is 3. The van der Waals surface area contributed by atoms with Gasteiger partial charge in [-0.05, 0) is 23.8 Å². The molecular weight excluding hydrogens is 348 g/mol. The number of pyridine rings is 1. The summed E-state index contributed by atoms with van der Waals surface area (Å²) in [4.78, 5) is 21.4. The predicted molar refractivity (Wildman–Crippen MR) is 113 cm³/mol. The van der Waals surface area contributed by atoms with Crippen LogP contribution in [0.4, 0.5) is 11.4 Å². The lowest BCUT2D eigenvalue weighted by molar-refractivity contribution is 0.0746. The molecule has 2 aromatic carbocycles. The molecule has 0 radical (unpaired) electrons. The Kier molecular flexibility index (Phi) is 5.52. The van der Waals surface area contributed by atoms with E-state index in [9.17, 15) is 4.79 Å². The third-order valence-corrected chi connectivity index (χ3v) is 5.01. The molecule has 0 aliphatic carbocycles. The Balaban J connectivity index is 1.36. The summed E-state index contributed by atoms with van der Waals surface area (Å²) in [6.45, 7) is 3.82. The van der Waals surface area contributed by atoms with Crippen LogP contribution >= 0.6 is 0 Å². The zero-order valence-corrected chi connectivity index (χ0v) is 15.8. The second-order valence-electron chi connectivity index (χ2n) is 6.92. The maximum Gasteiger partial charge on any atom is 0.255 e. The molecule has 0 atom stereocenters. The Bertz CT molecular complexity index is 906. The molecule has 1 saturated heterocycles.